The molecule has 0 aliphatic carbocycles. The van der Waals surface area contributed by atoms with Crippen LogP contribution in [-0.4, -0.2) is 55.0 Å². The standard InChI is InChI=1S/C16H22N4O/c1-13-12-20(10-9-19(13)2)8-7-16(21)18-15-6-4-3-5-14(15)11-17/h3-6,13H,7-10,12H2,1-2H3,(H,18,21). The van der Waals surface area contributed by atoms with Crippen LogP contribution in [0.25, 0.3) is 0 Å². The van der Waals surface area contributed by atoms with E-state index in [1.807, 2.05) is 6.07 Å². The molecule has 1 unspecified atom stereocenters. The largest absolute Gasteiger partial charge is 0.325 e. The van der Waals surface area contributed by atoms with Crippen LogP contribution in [0.3, 0.4) is 0 Å². The molecule has 1 aromatic carbocycles. The molecular weight excluding hydrogens is 264 g/mol. The maximum atomic E-state index is 12.0. The molecule has 1 fully saturated rings. The van der Waals surface area contributed by atoms with Gasteiger partial charge in [0.25, 0.3) is 0 Å². The third kappa shape index (κ3) is 4.28. The van der Waals surface area contributed by atoms with Gasteiger partial charge in [-0.15, -0.1) is 0 Å². The van der Waals surface area contributed by atoms with Gasteiger partial charge >= 0.3 is 0 Å². The third-order valence-electron chi connectivity index (χ3n) is 4.02. The predicted octanol–water partition coefficient (Wildman–Crippen LogP) is 1.52. The molecule has 0 radical (unpaired) electrons. The van der Waals surface area contributed by atoms with E-state index in [4.69, 9.17) is 5.26 Å². The molecule has 1 saturated heterocycles. The number of anilines is 1. The van der Waals surface area contributed by atoms with Crippen molar-refractivity contribution in [1.82, 2.24) is 9.80 Å². The number of hydrogen-bond donors (Lipinski definition) is 1. The number of amides is 1. The maximum absolute atomic E-state index is 12.0. The molecule has 1 aliphatic rings. The fraction of sp³-hybridized carbons (Fsp3) is 0.500. The number of nitrogens with one attached hydrogen (secondary N) is 1. The van der Waals surface area contributed by atoms with Crippen molar-refractivity contribution in [2.24, 2.45) is 0 Å². The minimum absolute atomic E-state index is 0.0377. The number of carbonyl (C=O) groups excluding carboxylic acids is 1. The maximum Gasteiger partial charge on any atom is 0.225 e. The first-order valence-corrected chi connectivity index (χ1v) is 7.31. The van der Waals surface area contributed by atoms with Crippen LogP contribution in [0, 0.1) is 11.3 Å². The van der Waals surface area contributed by atoms with Crippen LogP contribution in [0.4, 0.5) is 5.69 Å². The van der Waals surface area contributed by atoms with Crippen LogP contribution in [0.1, 0.15) is 18.9 Å². The molecule has 1 heterocycles. The van der Waals surface area contributed by atoms with Crippen molar-refractivity contribution in [3.63, 3.8) is 0 Å². The SMILES string of the molecule is CC1CN(CCC(=O)Nc2ccccc2C#N)CCN1C. The quantitative estimate of drug-likeness (QED) is 0.912. The van der Waals surface area contributed by atoms with Crippen molar-refractivity contribution < 1.29 is 4.79 Å². The van der Waals surface area contributed by atoms with Gasteiger partial charge in [0.1, 0.15) is 6.07 Å². The minimum Gasteiger partial charge on any atom is -0.325 e. The molecule has 1 aliphatic heterocycles. The molecule has 112 valence electrons. The fourth-order valence-electron chi connectivity index (χ4n) is 2.49. The Bertz CT molecular complexity index is 537. The Labute approximate surface area is 126 Å². The summed E-state index contributed by atoms with van der Waals surface area (Å²) in [6.07, 6.45) is 0.455. The highest BCUT2D eigenvalue weighted by Crippen LogP contribution is 2.14. The molecule has 0 bridgehead atoms. The topological polar surface area (TPSA) is 59.4 Å². The molecule has 0 aromatic heterocycles. The highest BCUT2D eigenvalue weighted by Gasteiger charge is 2.20. The second kappa shape index (κ2) is 7.21. The molecule has 1 N–H and O–H groups in total. The smallest absolute Gasteiger partial charge is 0.225 e. The number of likely N-dealkylation sites (N-methyl/N-ethyl adjacent to an activating group) is 1. The Morgan fingerprint density at radius 1 is 1.43 bits per heavy atom. The van der Waals surface area contributed by atoms with E-state index in [0.717, 1.165) is 26.2 Å². The number of hydrogen-bond acceptors (Lipinski definition) is 4. The molecule has 21 heavy (non-hydrogen) atoms. The summed E-state index contributed by atoms with van der Waals surface area (Å²) in [4.78, 5) is 16.7. The zero-order valence-corrected chi connectivity index (χ0v) is 12.7. The lowest BCUT2D eigenvalue weighted by atomic mass is 10.2. The first-order chi connectivity index (χ1) is 10.1. The van der Waals surface area contributed by atoms with Gasteiger partial charge in [0.2, 0.25) is 5.91 Å². The normalized spacial score (nSPS) is 20.0. The molecular formula is C16H22N4O. The summed E-state index contributed by atoms with van der Waals surface area (Å²) in [7, 11) is 2.13. The van der Waals surface area contributed by atoms with Gasteiger partial charge in [-0.3, -0.25) is 4.79 Å². The highest BCUT2D eigenvalue weighted by molar-refractivity contribution is 5.92. The summed E-state index contributed by atoms with van der Waals surface area (Å²) < 4.78 is 0. The van der Waals surface area contributed by atoms with Gasteiger partial charge in [0.05, 0.1) is 11.3 Å². The zero-order chi connectivity index (χ0) is 15.2. The second-order valence-electron chi connectivity index (χ2n) is 5.59. The Morgan fingerprint density at radius 2 is 2.19 bits per heavy atom. The number of carbonyl (C=O) groups is 1. The summed E-state index contributed by atoms with van der Waals surface area (Å²) >= 11 is 0. The van der Waals surface area contributed by atoms with E-state index in [1.54, 1.807) is 18.2 Å². The van der Waals surface area contributed by atoms with E-state index in [9.17, 15) is 4.79 Å². The van der Waals surface area contributed by atoms with Gasteiger partial charge in [0, 0.05) is 38.6 Å². The average Bonchev–Trinajstić information content (AvgIpc) is 2.49. The fourth-order valence-corrected chi connectivity index (χ4v) is 2.49. The highest BCUT2D eigenvalue weighted by atomic mass is 16.1. The molecule has 0 saturated carbocycles. The van der Waals surface area contributed by atoms with E-state index < -0.39 is 0 Å². The van der Waals surface area contributed by atoms with E-state index in [1.165, 1.54) is 0 Å². The third-order valence-corrected chi connectivity index (χ3v) is 4.02. The summed E-state index contributed by atoms with van der Waals surface area (Å²) in [5.41, 5.74) is 1.09. The van der Waals surface area contributed by atoms with E-state index in [0.29, 0.717) is 23.7 Å². The van der Waals surface area contributed by atoms with Crippen molar-refractivity contribution in [1.29, 1.82) is 5.26 Å². The lowest BCUT2D eigenvalue weighted by molar-refractivity contribution is -0.116. The van der Waals surface area contributed by atoms with E-state index in [2.05, 4.69) is 35.2 Å². The predicted molar refractivity (Wildman–Crippen MR) is 82.9 cm³/mol. The Morgan fingerprint density at radius 3 is 2.90 bits per heavy atom. The van der Waals surface area contributed by atoms with Gasteiger partial charge < -0.3 is 15.1 Å². The molecule has 1 atom stereocenters. The number of para-hydroxylation sites is 1. The van der Waals surface area contributed by atoms with Crippen molar-refractivity contribution in [2.45, 2.75) is 19.4 Å². The number of benzene rings is 1. The Balaban J connectivity index is 1.82. The van der Waals surface area contributed by atoms with Gasteiger partial charge in [-0.1, -0.05) is 12.1 Å². The van der Waals surface area contributed by atoms with E-state index >= 15 is 0 Å². The Hall–Kier alpha value is -1.90. The second-order valence-corrected chi connectivity index (χ2v) is 5.59. The molecule has 1 aromatic rings. The first-order valence-electron chi connectivity index (χ1n) is 7.31. The average molecular weight is 286 g/mol. The van der Waals surface area contributed by atoms with Crippen LogP contribution in [0.15, 0.2) is 24.3 Å². The van der Waals surface area contributed by atoms with Crippen LogP contribution in [0.5, 0.6) is 0 Å². The molecule has 5 nitrogen and oxygen atoms in total. The van der Waals surface area contributed by atoms with Crippen molar-refractivity contribution in [3.8, 4) is 6.07 Å². The zero-order valence-electron chi connectivity index (χ0n) is 12.7. The van der Waals surface area contributed by atoms with Gasteiger partial charge in [-0.2, -0.15) is 5.26 Å². The minimum atomic E-state index is -0.0377. The van der Waals surface area contributed by atoms with Gasteiger partial charge in [-0.05, 0) is 26.1 Å². The van der Waals surface area contributed by atoms with E-state index in [-0.39, 0.29) is 5.91 Å². The lowest BCUT2D eigenvalue weighted by Crippen LogP contribution is -2.50. The van der Waals surface area contributed by atoms with Crippen LogP contribution >= 0.6 is 0 Å². The van der Waals surface area contributed by atoms with Gasteiger partial charge in [0.15, 0.2) is 0 Å². The van der Waals surface area contributed by atoms with Crippen LogP contribution in [-0.2, 0) is 4.79 Å². The summed E-state index contributed by atoms with van der Waals surface area (Å²) in [5, 5.41) is 11.8. The van der Waals surface area contributed by atoms with Gasteiger partial charge in [-0.25, -0.2) is 0 Å². The monoisotopic (exact) mass is 286 g/mol. The molecule has 5 heteroatoms. The summed E-state index contributed by atoms with van der Waals surface area (Å²) in [6.45, 7) is 6.01. The van der Waals surface area contributed by atoms with Crippen LogP contribution in [0.2, 0.25) is 0 Å². The van der Waals surface area contributed by atoms with Crippen molar-refractivity contribution in [2.75, 3.05) is 38.5 Å². The number of rotatable bonds is 4. The first kappa shape index (κ1) is 15.5. The number of piperazine rings is 1. The number of nitriles is 1. The van der Waals surface area contributed by atoms with Crippen LogP contribution < -0.4 is 5.32 Å². The lowest BCUT2D eigenvalue weighted by Gasteiger charge is -2.37. The summed E-state index contributed by atoms with van der Waals surface area (Å²) in [5.74, 6) is -0.0377. The molecule has 2 rings (SSSR count). The van der Waals surface area contributed by atoms with Crippen molar-refractivity contribution in [3.05, 3.63) is 29.8 Å². The molecule has 1 amide bonds. The Kier molecular flexibility index (Phi) is 5.32. The molecule has 0 spiro atoms. The van der Waals surface area contributed by atoms with Crippen molar-refractivity contribution >= 4 is 11.6 Å². The summed E-state index contributed by atoms with van der Waals surface area (Å²) in [6, 6.07) is 9.69. The number of nitrogens with zero attached hydrogens (tertiary/aromatic N) is 3.